The number of nitrogens with two attached hydrogens (primary N) is 2. The van der Waals surface area contributed by atoms with Gasteiger partial charge in [0.15, 0.2) is 6.29 Å². The van der Waals surface area contributed by atoms with Gasteiger partial charge in [-0.3, -0.25) is 19.3 Å². The second-order valence-corrected chi connectivity index (χ2v) is 17.5. The molecule has 0 unspecified atom stereocenters. The number of carbonyl (C=O) groups excluding carboxylic acids is 3. The summed E-state index contributed by atoms with van der Waals surface area (Å²) in [5, 5.41) is 21.5. The van der Waals surface area contributed by atoms with Gasteiger partial charge in [-0.25, -0.2) is 28.7 Å². The molecular formula is C56H56F2N10O5. The highest BCUT2D eigenvalue weighted by molar-refractivity contribution is 6.07. The van der Waals surface area contributed by atoms with Gasteiger partial charge in [-0.05, 0) is 118 Å². The van der Waals surface area contributed by atoms with Gasteiger partial charge in [-0.1, -0.05) is 80.6 Å². The Hall–Kier alpha value is -8.09. The number of aliphatic hydroxyl groups is 2. The zero-order valence-corrected chi connectivity index (χ0v) is 40.6. The number of halogens is 2. The fourth-order valence-corrected chi connectivity index (χ4v) is 9.03. The highest BCUT2D eigenvalue weighted by Crippen LogP contribution is 2.33. The maximum absolute atomic E-state index is 14.4. The first-order valence-corrected chi connectivity index (χ1v) is 24.0. The molecule has 6 aromatic carbocycles. The van der Waals surface area contributed by atoms with Crippen LogP contribution in [0.25, 0.3) is 44.1 Å². The fourth-order valence-electron chi connectivity index (χ4n) is 9.03. The van der Waals surface area contributed by atoms with Crippen molar-refractivity contribution in [2.75, 3.05) is 50.9 Å². The molecule has 4 heterocycles. The number of benzene rings is 6. The first-order valence-electron chi connectivity index (χ1n) is 24.0. The van der Waals surface area contributed by atoms with Crippen molar-refractivity contribution >= 4 is 51.8 Å². The van der Waals surface area contributed by atoms with Crippen molar-refractivity contribution in [1.29, 1.82) is 0 Å². The second kappa shape index (κ2) is 23.4. The zero-order valence-electron chi connectivity index (χ0n) is 40.6. The molecule has 7 N–H and O–H groups in total. The van der Waals surface area contributed by atoms with E-state index in [0.29, 0.717) is 84.1 Å². The Bertz CT molecular complexity index is 3270. The number of amides is 2. The first kappa shape index (κ1) is 51.3. The van der Waals surface area contributed by atoms with Crippen LogP contribution in [-0.2, 0) is 32.7 Å². The summed E-state index contributed by atoms with van der Waals surface area (Å²) in [5.74, 6) is -1.26. The summed E-state index contributed by atoms with van der Waals surface area (Å²) < 4.78 is 28.2. The van der Waals surface area contributed by atoms with Crippen LogP contribution in [0, 0.1) is 11.6 Å². The Morgan fingerprint density at radius 3 is 1.56 bits per heavy atom. The number of nitrogen functional groups attached to an aromatic ring is 2. The molecule has 2 amide bonds. The number of nitrogens with one attached hydrogen (secondary N) is 1. The molecule has 2 aliphatic rings. The van der Waals surface area contributed by atoms with Gasteiger partial charge in [0.25, 0.3) is 11.8 Å². The van der Waals surface area contributed by atoms with Gasteiger partial charge in [-0.15, -0.1) is 0 Å². The van der Waals surface area contributed by atoms with Crippen LogP contribution in [-0.4, -0.2) is 102 Å². The van der Waals surface area contributed by atoms with Crippen molar-refractivity contribution in [3.8, 4) is 22.3 Å². The smallest absolute Gasteiger partial charge is 0.273 e. The van der Waals surface area contributed by atoms with Crippen LogP contribution in [0.2, 0.25) is 0 Å². The molecule has 2 aliphatic heterocycles. The molecule has 10 rings (SSSR count). The number of fused-ring (bicyclic) bond motifs is 4. The summed E-state index contributed by atoms with van der Waals surface area (Å²) in [6.45, 7) is 9.79. The van der Waals surface area contributed by atoms with E-state index < -0.39 is 5.82 Å². The molecule has 374 valence electrons. The number of anilines is 2. The molecule has 0 spiro atoms. The summed E-state index contributed by atoms with van der Waals surface area (Å²) >= 11 is 0. The van der Waals surface area contributed by atoms with Crippen molar-refractivity contribution in [3.05, 3.63) is 178 Å². The Balaban J connectivity index is 0.000000177. The number of hydrogen-bond donors (Lipinski definition) is 5. The standard InChI is InChI=1S/C28H28FN5O2.C24H17FN4O2.C4H11NO/c1-2-33(11-12-35)15-21-7-9-22(29)14-23(21)18-8-10-25-24(13-18)26(32-28(30)31-25)27(36)34-16-19-5-3-4-6-20(19)17-34;25-18-7-5-17(13-30)19(10-18)14-6-8-21-20(9-14)22(28-24(26)27-21)23(31)29-11-15-3-1-2-4-16(15)12-29;1-2-5-3-4-6/h3-10,13-14,35H,2,11-12,15-17H2,1H3,(H2,30,31,32);1-10,13H,11-12H2,(H2,26,27,28);5-6H,2-4H2,1H3. The van der Waals surface area contributed by atoms with Crippen molar-refractivity contribution < 1.29 is 33.4 Å². The van der Waals surface area contributed by atoms with Gasteiger partial charge < -0.3 is 36.8 Å². The third-order valence-electron chi connectivity index (χ3n) is 12.7. The quantitative estimate of drug-likeness (QED) is 0.0557. The first-order chi connectivity index (χ1) is 35.4. The number of carbonyl (C=O) groups is 3. The van der Waals surface area contributed by atoms with Gasteiger partial charge in [-0.2, -0.15) is 0 Å². The summed E-state index contributed by atoms with van der Waals surface area (Å²) in [6.07, 6.45) is 0.673. The third kappa shape index (κ3) is 11.8. The summed E-state index contributed by atoms with van der Waals surface area (Å²) in [4.78, 5) is 61.1. The molecule has 0 atom stereocenters. The molecule has 0 saturated carbocycles. The Labute approximate surface area is 421 Å². The van der Waals surface area contributed by atoms with E-state index in [-0.39, 0.29) is 54.1 Å². The third-order valence-corrected chi connectivity index (χ3v) is 12.7. The lowest BCUT2D eigenvalue weighted by molar-refractivity contribution is 0.0741. The maximum atomic E-state index is 14.4. The topological polar surface area (TPSA) is 217 Å². The lowest BCUT2D eigenvalue weighted by atomic mass is 9.97. The lowest BCUT2D eigenvalue weighted by Crippen LogP contribution is -2.27. The fraction of sp³-hybridized carbons (Fsp3) is 0.232. The molecule has 2 aromatic heterocycles. The molecule has 8 aromatic rings. The van der Waals surface area contributed by atoms with Crippen LogP contribution in [0.1, 0.15) is 73.0 Å². The normalized spacial score (nSPS) is 12.5. The average Bonchev–Trinajstić information content (AvgIpc) is 4.05. The predicted octanol–water partition coefficient (Wildman–Crippen LogP) is 7.56. The van der Waals surface area contributed by atoms with Crippen LogP contribution in [0.4, 0.5) is 20.7 Å². The maximum Gasteiger partial charge on any atom is 0.273 e. The average molecular weight is 987 g/mol. The van der Waals surface area contributed by atoms with E-state index in [9.17, 15) is 28.3 Å². The predicted molar refractivity (Wildman–Crippen MR) is 278 cm³/mol. The zero-order chi connectivity index (χ0) is 51.6. The second-order valence-electron chi connectivity index (χ2n) is 17.5. The van der Waals surface area contributed by atoms with Crippen molar-refractivity contribution in [3.63, 3.8) is 0 Å². The van der Waals surface area contributed by atoms with Crippen LogP contribution in [0.5, 0.6) is 0 Å². The molecule has 17 heteroatoms. The number of aromatic nitrogens is 4. The Morgan fingerprint density at radius 2 is 1.12 bits per heavy atom. The molecule has 15 nitrogen and oxygen atoms in total. The van der Waals surface area contributed by atoms with E-state index in [1.165, 1.54) is 30.3 Å². The van der Waals surface area contributed by atoms with E-state index in [0.717, 1.165) is 58.6 Å². The van der Waals surface area contributed by atoms with E-state index >= 15 is 0 Å². The van der Waals surface area contributed by atoms with Crippen molar-refractivity contribution in [1.82, 2.24) is 40.0 Å². The molecule has 0 bridgehead atoms. The summed E-state index contributed by atoms with van der Waals surface area (Å²) in [5.41, 5.74) is 21.5. The Morgan fingerprint density at radius 1 is 0.644 bits per heavy atom. The number of likely N-dealkylation sites (N-methyl/N-ethyl adjacent to an activating group) is 2. The highest BCUT2D eigenvalue weighted by Gasteiger charge is 2.29. The molecule has 0 aliphatic carbocycles. The number of rotatable bonds is 13. The van der Waals surface area contributed by atoms with E-state index in [4.69, 9.17) is 16.6 Å². The minimum absolute atomic E-state index is 0.000327. The largest absolute Gasteiger partial charge is 0.395 e. The summed E-state index contributed by atoms with van der Waals surface area (Å²) in [6, 6.07) is 35.1. The highest BCUT2D eigenvalue weighted by atomic mass is 19.1. The molecule has 73 heavy (non-hydrogen) atoms. The molecule has 0 saturated heterocycles. The van der Waals surface area contributed by atoms with Gasteiger partial charge in [0, 0.05) is 62.1 Å². The lowest BCUT2D eigenvalue weighted by Gasteiger charge is -2.21. The minimum Gasteiger partial charge on any atom is -0.395 e. The summed E-state index contributed by atoms with van der Waals surface area (Å²) in [7, 11) is 0. The Kier molecular flexibility index (Phi) is 16.5. The minimum atomic E-state index is -0.458. The van der Waals surface area contributed by atoms with E-state index in [1.54, 1.807) is 40.1 Å². The van der Waals surface area contributed by atoms with Crippen LogP contribution < -0.4 is 16.8 Å². The van der Waals surface area contributed by atoms with E-state index in [1.807, 2.05) is 74.5 Å². The number of aliphatic hydroxyl groups excluding tert-OH is 2. The van der Waals surface area contributed by atoms with Crippen molar-refractivity contribution in [2.24, 2.45) is 0 Å². The number of hydrogen-bond acceptors (Lipinski definition) is 13. The number of nitrogens with zero attached hydrogens (tertiary/aromatic N) is 7. The van der Waals surface area contributed by atoms with Gasteiger partial charge in [0.2, 0.25) is 11.9 Å². The van der Waals surface area contributed by atoms with Gasteiger partial charge in [0.1, 0.15) is 23.0 Å². The molecule has 0 radical (unpaired) electrons. The number of aldehydes is 1. The SMILES string of the molecule is CCN(CCO)Cc1ccc(F)cc1-c1ccc2nc(N)nc(C(=O)N3Cc4ccccc4C3)c2c1.CCNCCO.Nc1nc(C(=O)N2Cc3ccccc3C2)c2cc(-c3cc(F)ccc3C=O)ccc2n1. The van der Waals surface area contributed by atoms with Gasteiger partial charge >= 0.3 is 0 Å². The van der Waals surface area contributed by atoms with Crippen LogP contribution in [0.3, 0.4) is 0 Å². The van der Waals surface area contributed by atoms with Crippen LogP contribution >= 0.6 is 0 Å². The van der Waals surface area contributed by atoms with Crippen molar-refractivity contribution in [2.45, 2.75) is 46.6 Å². The van der Waals surface area contributed by atoms with Gasteiger partial charge in [0.05, 0.1) is 24.2 Å². The monoisotopic (exact) mass is 986 g/mol. The van der Waals surface area contributed by atoms with E-state index in [2.05, 4.69) is 30.2 Å². The van der Waals surface area contributed by atoms with Crippen LogP contribution in [0.15, 0.2) is 121 Å². The molecular weight excluding hydrogens is 931 g/mol. The molecule has 0 fully saturated rings.